The smallest absolute Gasteiger partial charge is 0.00161 e. The van der Waals surface area contributed by atoms with E-state index in [1.54, 1.807) is 0 Å². The predicted molar refractivity (Wildman–Crippen MR) is 65.9 cm³/mol. The van der Waals surface area contributed by atoms with E-state index >= 15 is 0 Å². The van der Waals surface area contributed by atoms with Crippen LogP contribution in [0.5, 0.6) is 0 Å². The van der Waals surface area contributed by atoms with E-state index < -0.39 is 0 Å². The maximum Gasteiger partial charge on any atom is -0.00161 e. The van der Waals surface area contributed by atoms with Gasteiger partial charge in [0, 0.05) is 0 Å². The molecule has 1 saturated heterocycles. The van der Waals surface area contributed by atoms with Crippen molar-refractivity contribution in [1.82, 2.24) is 4.90 Å². The molecule has 0 spiro atoms. The lowest BCUT2D eigenvalue weighted by atomic mass is 9.63. The molecule has 0 aromatic carbocycles. The summed E-state index contributed by atoms with van der Waals surface area (Å²) in [5.41, 5.74) is 0. The van der Waals surface area contributed by atoms with Crippen LogP contribution in [-0.4, -0.2) is 24.5 Å². The van der Waals surface area contributed by atoms with Gasteiger partial charge in [0.15, 0.2) is 0 Å². The van der Waals surface area contributed by atoms with Crippen molar-refractivity contribution >= 4 is 0 Å². The summed E-state index contributed by atoms with van der Waals surface area (Å²) in [4.78, 5) is 2.61. The van der Waals surface area contributed by atoms with Gasteiger partial charge in [-0.25, -0.2) is 0 Å². The van der Waals surface area contributed by atoms with Crippen LogP contribution in [0.4, 0.5) is 0 Å². The quantitative estimate of drug-likeness (QED) is 0.688. The zero-order chi connectivity index (χ0) is 10.8. The molecule has 15 heavy (non-hydrogen) atoms. The van der Waals surface area contributed by atoms with E-state index in [9.17, 15) is 0 Å². The zero-order valence-electron chi connectivity index (χ0n) is 10.7. The van der Waals surface area contributed by atoms with Crippen molar-refractivity contribution in [2.75, 3.05) is 19.6 Å². The third kappa shape index (κ3) is 2.55. The molecule has 2 fully saturated rings. The summed E-state index contributed by atoms with van der Waals surface area (Å²) < 4.78 is 0. The van der Waals surface area contributed by atoms with Gasteiger partial charge in [-0.3, -0.25) is 0 Å². The Hall–Kier alpha value is -0.0400. The van der Waals surface area contributed by atoms with E-state index in [2.05, 4.69) is 25.7 Å². The minimum absolute atomic E-state index is 0.928. The number of piperidine rings is 1. The molecule has 1 saturated carbocycles. The predicted octanol–water partition coefficient (Wildman–Crippen LogP) is 3.40. The van der Waals surface area contributed by atoms with Gasteiger partial charge in [0.2, 0.25) is 0 Å². The van der Waals surface area contributed by atoms with Crippen molar-refractivity contribution in [3.05, 3.63) is 0 Å². The maximum atomic E-state index is 2.61. The normalized spacial score (nSPS) is 34.4. The Bertz CT molecular complexity index is 186. The van der Waals surface area contributed by atoms with E-state index in [0.717, 1.165) is 23.7 Å². The molecule has 0 aromatic rings. The zero-order valence-corrected chi connectivity index (χ0v) is 10.7. The highest BCUT2D eigenvalue weighted by atomic mass is 15.1. The summed E-state index contributed by atoms with van der Waals surface area (Å²) in [7, 11) is 0. The average Bonchev–Trinajstić information content (AvgIpc) is 2.16. The number of hydrogen-bond donors (Lipinski definition) is 0. The summed E-state index contributed by atoms with van der Waals surface area (Å²) in [6.45, 7) is 11.1. The van der Waals surface area contributed by atoms with Gasteiger partial charge in [0.1, 0.15) is 0 Å². The summed E-state index contributed by atoms with van der Waals surface area (Å²) in [6.07, 6.45) is 6.02. The highest BCUT2D eigenvalue weighted by Gasteiger charge is 2.37. The van der Waals surface area contributed by atoms with E-state index in [-0.39, 0.29) is 0 Å². The lowest BCUT2D eigenvalue weighted by Gasteiger charge is -2.45. The first-order valence-electron chi connectivity index (χ1n) is 6.93. The molecule has 2 aliphatic rings. The Balaban J connectivity index is 1.70. The Morgan fingerprint density at radius 3 is 2.13 bits per heavy atom. The van der Waals surface area contributed by atoms with Crippen LogP contribution >= 0.6 is 0 Å². The first kappa shape index (κ1) is 11.4. The topological polar surface area (TPSA) is 3.24 Å². The van der Waals surface area contributed by atoms with Gasteiger partial charge >= 0.3 is 0 Å². The SMILES string of the molecule is CCN1CCC(C2CC(C(C)C)C2)CC1. The molecular weight excluding hydrogens is 182 g/mol. The van der Waals surface area contributed by atoms with Crippen LogP contribution in [0.25, 0.3) is 0 Å². The minimum Gasteiger partial charge on any atom is -0.304 e. The Morgan fingerprint density at radius 1 is 1.07 bits per heavy atom. The standard InChI is InChI=1S/C14H27N/c1-4-15-7-5-12(6-8-15)14-9-13(10-14)11(2)3/h11-14H,4-10H2,1-3H3. The van der Waals surface area contributed by atoms with Gasteiger partial charge in [-0.15, -0.1) is 0 Å². The van der Waals surface area contributed by atoms with Crippen LogP contribution in [0.3, 0.4) is 0 Å². The molecule has 88 valence electrons. The monoisotopic (exact) mass is 209 g/mol. The fourth-order valence-corrected chi connectivity index (χ4v) is 3.38. The second kappa shape index (κ2) is 4.86. The highest BCUT2D eigenvalue weighted by molar-refractivity contribution is 4.88. The van der Waals surface area contributed by atoms with E-state index in [0.29, 0.717) is 0 Å². The number of likely N-dealkylation sites (tertiary alicyclic amines) is 1. The van der Waals surface area contributed by atoms with Crippen molar-refractivity contribution in [2.24, 2.45) is 23.7 Å². The first-order chi connectivity index (χ1) is 7.20. The maximum absolute atomic E-state index is 2.61. The summed E-state index contributed by atoms with van der Waals surface area (Å²) >= 11 is 0. The van der Waals surface area contributed by atoms with Crippen molar-refractivity contribution in [1.29, 1.82) is 0 Å². The van der Waals surface area contributed by atoms with Crippen molar-refractivity contribution in [2.45, 2.75) is 46.5 Å². The Kier molecular flexibility index (Phi) is 3.71. The van der Waals surface area contributed by atoms with Crippen LogP contribution in [-0.2, 0) is 0 Å². The largest absolute Gasteiger partial charge is 0.304 e. The van der Waals surface area contributed by atoms with Gasteiger partial charge in [-0.2, -0.15) is 0 Å². The minimum atomic E-state index is 0.928. The van der Waals surface area contributed by atoms with Crippen LogP contribution in [0.15, 0.2) is 0 Å². The molecule has 0 aromatic heterocycles. The van der Waals surface area contributed by atoms with E-state index in [1.807, 2.05) is 0 Å². The number of rotatable bonds is 3. The second-order valence-electron chi connectivity index (χ2n) is 6.01. The average molecular weight is 209 g/mol. The third-order valence-electron chi connectivity index (χ3n) is 4.90. The summed E-state index contributed by atoms with van der Waals surface area (Å²) in [5, 5.41) is 0. The number of hydrogen-bond acceptors (Lipinski definition) is 1. The first-order valence-corrected chi connectivity index (χ1v) is 6.93. The van der Waals surface area contributed by atoms with Gasteiger partial charge in [0.25, 0.3) is 0 Å². The van der Waals surface area contributed by atoms with Crippen LogP contribution < -0.4 is 0 Å². The molecule has 2 rings (SSSR count). The van der Waals surface area contributed by atoms with Crippen LogP contribution in [0.2, 0.25) is 0 Å². The van der Waals surface area contributed by atoms with E-state index in [4.69, 9.17) is 0 Å². The molecule has 0 unspecified atom stereocenters. The van der Waals surface area contributed by atoms with Crippen molar-refractivity contribution < 1.29 is 0 Å². The fraction of sp³-hybridized carbons (Fsp3) is 1.00. The molecule has 0 bridgehead atoms. The lowest BCUT2D eigenvalue weighted by molar-refractivity contribution is 0.0498. The second-order valence-corrected chi connectivity index (χ2v) is 6.01. The summed E-state index contributed by atoms with van der Waals surface area (Å²) in [5.74, 6) is 4.15. The lowest BCUT2D eigenvalue weighted by Crippen LogP contribution is -2.40. The van der Waals surface area contributed by atoms with Crippen LogP contribution in [0.1, 0.15) is 46.5 Å². The molecule has 1 heteroatoms. The third-order valence-corrected chi connectivity index (χ3v) is 4.90. The molecule has 0 N–H and O–H groups in total. The summed E-state index contributed by atoms with van der Waals surface area (Å²) in [6, 6.07) is 0. The molecule has 0 radical (unpaired) electrons. The molecule has 1 aliphatic carbocycles. The number of nitrogens with zero attached hydrogens (tertiary/aromatic N) is 1. The van der Waals surface area contributed by atoms with Crippen molar-refractivity contribution in [3.8, 4) is 0 Å². The van der Waals surface area contributed by atoms with Gasteiger partial charge < -0.3 is 4.90 Å². The van der Waals surface area contributed by atoms with Gasteiger partial charge in [0.05, 0.1) is 0 Å². The molecule has 1 heterocycles. The highest BCUT2D eigenvalue weighted by Crippen LogP contribution is 2.45. The van der Waals surface area contributed by atoms with Crippen LogP contribution in [0, 0.1) is 23.7 Å². The Morgan fingerprint density at radius 2 is 1.67 bits per heavy atom. The van der Waals surface area contributed by atoms with Gasteiger partial charge in [-0.1, -0.05) is 20.8 Å². The fourth-order valence-electron chi connectivity index (χ4n) is 3.38. The van der Waals surface area contributed by atoms with E-state index in [1.165, 1.54) is 45.3 Å². The molecule has 0 amide bonds. The Labute approximate surface area is 95.2 Å². The van der Waals surface area contributed by atoms with Gasteiger partial charge in [-0.05, 0) is 69.0 Å². The molecule has 0 atom stereocenters. The van der Waals surface area contributed by atoms with Crippen molar-refractivity contribution in [3.63, 3.8) is 0 Å². The molecule has 1 aliphatic heterocycles. The molecule has 1 nitrogen and oxygen atoms in total. The molecular formula is C14H27N.